The fourth-order valence-corrected chi connectivity index (χ4v) is 3.45. The lowest BCUT2D eigenvalue weighted by molar-refractivity contribution is 0.233. The molecule has 6 nitrogen and oxygen atoms in total. The van der Waals surface area contributed by atoms with E-state index in [9.17, 15) is 12.8 Å². The molecule has 1 atom stereocenters. The standard InChI is InChI=1S/C15H25FN2O4S/c1-10(2)12(18(3)4)9-17-23(19,20)15-8-14(22-6)13(21-5)7-11(15)16/h7-8,10,12,17H,9H2,1-6H3. The third-order valence-electron chi connectivity index (χ3n) is 3.64. The summed E-state index contributed by atoms with van der Waals surface area (Å²) in [5, 5.41) is 0. The second-order valence-electron chi connectivity index (χ2n) is 5.76. The quantitative estimate of drug-likeness (QED) is 0.775. The predicted octanol–water partition coefficient (Wildman–Crippen LogP) is 1.71. The van der Waals surface area contributed by atoms with Gasteiger partial charge in [-0.3, -0.25) is 0 Å². The fourth-order valence-electron chi connectivity index (χ4n) is 2.33. The van der Waals surface area contributed by atoms with E-state index in [2.05, 4.69) is 4.72 Å². The molecule has 8 heteroatoms. The van der Waals surface area contributed by atoms with E-state index in [-0.39, 0.29) is 30.0 Å². The van der Waals surface area contributed by atoms with Crippen LogP contribution in [-0.4, -0.2) is 54.2 Å². The average Bonchev–Trinajstić information content (AvgIpc) is 2.45. The lowest BCUT2D eigenvalue weighted by atomic mass is 10.0. The number of rotatable bonds is 8. The molecule has 1 aromatic carbocycles. The molecular formula is C15H25FN2O4S. The lowest BCUT2D eigenvalue weighted by Gasteiger charge is -2.28. The highest BCUT2D eigenvalue weighted by atomic mass is 32.2. The van der Waals surface area contributed by atoms with E-state index in [1.54, 1.807) is 0 Å². The maximum Gasteiger partial charge on any atom is 0.243 e. The van der Waals surface area contributed by atoms with Gasteiger partial charge in [0.2, 0.25) is 10.0 Å². The zero-order valence-corrected chi connectivity index (χ0v) is 15.2. The maximum atomic E-state index is 14.1. The molecule has 1 N–H and O–H groups in total. The molecule has 0 aliphatic heterocycles. The van der Waals surface area contributed by atoms with Crippen LogP contribution in [0.5, 0.6) is 11.5 Å². The van der Waals surface area contributed by atoms with Gasteiger partial charge < -0.3 is 14.4 Å². The highest BCUT2D eigenvalue weighted by molar-refractivity contribution is 7.89. The molecule has 0 fully saturated rings. The molecule has 23 heavy (non-hydrogen) atoms. The van der Waals surface area contributed by atoms with Crippen LogP contribution in [0.3, 0.4) is 0 Å². The Labute approximate surface area is 137 Å². The molecule has 0 aliphatic carbocycles. The van der Waals surface area contributed by atoms with Crippen LogP contribution in [-0.2, 0) is 10.0 Å². The molecular weight excluding hydrogens is 323 g/mol. The summed E-state index contributed by atoms with van der Waals surface area (Å²) < 4.78 is 51.4. The third kappa shape index (κ3) is 4.79. The molecule has 0 bridgehead atoms. The molecule has 1 aromatic rings. The number of benzene rings is 1. The highest BCUT2D eigenvalue weighted by Gasteiger charge is 2.25. The molecule has 0 aromatic heterocycles. The molecule has 0 spiro atoms. The minimum Gasteiger partial charge on any atom is -0.493 e. The number of hydrogen-bond donors (Lipinski definition) is 1. The van der Waals surface area contributed by atoms with Crippen molar-refractivity contribution in [2.45, 2.75) is 24.8 Å². The molecule has 132 valence electrons. The van der Waals surface area contributed by atoms with Crippen molar-refractivity contribution in [3.8, 4) is 11.5 Å². The van der Waals surface area contributed by atoms with Crippen LogP contribution in [0.15, 0.2) is 17.0 Å². The Morgan fingerprint density at radius 1 is 1.17 bits per heavy atom. The first kappa shape index (κ1) is 19.7. The Kier molecular flexibility index (Phi) is 6.79. The number of halogens is 1. The van der Waals surface area contributed by atoms with Crippen LogP contribution >= 0.6 is 0 Å². The van der Waals surface area contributed by atoms with Crippen molar-refractivity contribution in [3.05, 3.63) is 17.9 Å². The predicted molar refractivity (Wildman–Crippen MR) is 87.0 cm³/mol. The van der Waals surface area contributed by atoms with Crippen LogP contribution in [0.25, 0.3) is 0 Å². The van der Waals surface area contributed by atoms with Crippen molar-refractivity contribution in [2.75, 3.05) is 34.9 Å². The molecule has 0 heterocycles. The smallest absolute Gasteiger partial charge is 0.243 e. The van der Waals surface area contributed by atoms with Crippen molar-refractivity contribution in [2.24, 2.45) is 5.92 Å². The zero-order valence-electron chi connectivity index (χ0n) is 14.4. The molecule has 0 saturated carbocycles. The number of methoxy groups -OCH3 is 2. The largest absolute Gasteiger partial charge is 0.493 e. The van der Waals surface area contributed by atoms with Crippen molar-refractivity contribution in [1.29, 1.82) is 0 Å². The number of sulfonamides is 1. The Balaban J connectivity index is 3.09. The first-order chi connectivity index (χ1) is 10.6. The van der Waals surface area contributed by atoms with E-state index in [0.717, 1.165) is 12.1 Å². The van der Waals surface area contributed by atoms with Crippen LogP contribution in [0.2, 0.25) is 0 Å². The topological polar surface area (TPSA) is 67.9 Å². The number of nitrogens with zero attached hydrogens (tertiary/aromatic N) is 1. The van der Waals surface area contributed by atoms with Crippen molar-refractivity contribution in [3.63, 3.8) is 0 Å². The van der Waals surface area contributed by atoms with Gasteiger partial charge in [0.25, 0.3) is 0 Å². The van der Waals surface area contributed by atoms with E-state index in [0.29, 0.717) is 0 Å². The van der Waals surface area contributed by atoms with Gasteiger partial charge in [0.1, 0.15) is 10.7 Å². The molecule has 0 radical (unpaired) electrons. The van der Waals surface area contributed by atoms with Crippen molar-refractivity contribution >= 4 is 10.0 Å². The van der Waals surface area contributed by atoms with Crippen LogP contribution in [0.4, 0.5) is 4.39 Å². The van der Waals surface area contributed by atoms with Crippen molar-refractivity contribution in [1.82, 2.24) is 9.62 Å². The highest BCUT2D eigenvalue weighted by Crippen LogP contribution is 2.31. The zero-order chi connectivity index (χ0) is 17.8. The van der Waals surface area contributed by atoms with Crippen LogP contribution < -0.4 is 14.2 Å². The lowest BCUT2D eigenvalue weighted by Crippen LogP contribution is -2.43. The minimum absolute atomic E-state index is 0.00650. The Morgan fingerprint density at radius 2 is 1.70 bits per heavy atom. The van der Waals surface area contributed by atoms with Gasteiger partial charge in [0, 0.05) is 24.7 Å². The first-order valence-corrected chi connectivity index (χ1v) is 8.70. The maximum absolute atomic E-state index is 14.1. The summed E-state index contributed by atoms with van der Waals surface area (Å²) in [6.07, 6.45) is 0. The summed E-state index contributed by atoms with van der Waals surface area (Å²) in [6, 6.07) is 2.11. The van der Waals surface area contributed by atoms with Crippen molar-refractivity contribution < 1.29 is 22.3 Å². The summed E-state index contributed by atoms with van der Waals surface area (Å²) in [6.45, 7) is 4.17. The average molecular weight is 348 g/mol. The monoisotopic (exact) mass is 348 g/mol. The Bertz CT molecular complexity index is 625. The molecule has 1 rings (SSSR count). The van der Waals surface area contributed by atoms with Crippen LogP contribution in [0, 0.1) is 11.7 Å². The molecule has 0 saturated heterocycles. The van der Waals surface area contributed by atoms with Gasteiger partial charge in [-0.2, -0.15) is 0 Å². The van der Waals surface area contributed by atoms with E-state index in [1.807, 2.05) is 32.8 Å². The fraction of sp³-hybridized carbons (Fsp3) is 0.600. The second kappa shape index (κ2) is 7.94. The van der Waals surface area contributed by atoms with Gasteiger partial charge in [0.05, 0.1) is 14.2 Å². The van der Waals surface area contributed by atoms with Gasteiger partial charge in [0.15, 0.2) is 11.5 Å². The Hall–Kier alpha value is -1.38. The van der Waals surface area contributed by atoms with Crippen LogP contribution in [0.1, 0.15) is 13.8 Å². The van der Waals surface area contributed by atoms with Gasteiger partial charge in [-0.15, -0.1) is 0 Å². The molecule has 0 amide bonds. The summed E-state index contributed by atoms with van der Waals surface area (Å²) in [7, 11) is 2.46. The first-order valence-electron chi connectivity index (χ1n) is 7.21. The number of likely N-dealkylation sites (N-methyl/N-ethyl adjacent to an activating group) is 1. The van der Waals surface area contributed by atoms with Gasteiger partial charge in [-0.1, -0.05) is 13.8 Å². The van der Waals surface area contributed by atoms with E-state index >= 15 is 0 Å². The number of hydrogen-bond acceptors (Lipinski definition) is 5. The van der Waals surface area contributed by atoms with Gasteiger partial charge in [-0.25, -0.2) is 17.5 Å². The summed E-state index contributed by atoms with van der Waals surface area (Å²) in [5.74, 6) is -0.358. The van der Waals surface area contributed by atoms with E-state index in [4.69, 9.17) is 9.47 Å². The summed E-state index contributed by atoms with van der Waals surface area (Å²) in [5.41, 5.74) is 0. The molecule has 1 unspecified atom stereocenters. The number of nitrogens with one attached hydrogen (secondary N) is 1. The minimum atomic E-state index is -4.00. The normalized spacial score (nSPS) is 13.4. The second-order valence-corrected chi connectivity index (χ2v) is 7.50. The SMILES string of the molecule is COc1cc(F)c(S(=O)(=O)NCC(C(C)C)N(C)C)cc1OC. The Morgan fingerprint density at radius 3 is 2.13 bits per heavy atom. The van der Waals surface area contributed by atoms with Gasteiger partial charge >= 0.3 is 0 Å². The van der Waals surface area contributed by atoms with E-state index in [1.165, 1.54) is 14.2 Å². The third-order valence-corrected chi connectivity index (χ3v) is 5.08. The molecule has 0 aliphatic rings. The summed E-state index contributed by atoms with van der Waals surface area (Å²) in [4.78, 5) is 1.47. The summed E-state index contributed by atoms with van der Waals surface area (Å²) >= 11 is 0. The van der Waals surface area contributed by atoms with E-state index < -0.39 is 20.7 Å². The van der Waals surface area contributed by atoms with Gasteiger partial charge in [-0.05, 0) is 20.0 Å². The number of ether oxygens (including phenoxy) is 2.